The Kier molecular flexibility index (Phi) is 3.55. The molecule has 108 valence electrons. The highest BCUT2D eigenvalue weighted by molar-refractivity contribution is 7.12. The fraction of sp³-hybridized carbons (Fsp3) is 0.200. The number of benzene rings is 1. The molecular formula is C15H11ClFNO2S. The fourth-order valence-electron chi connectivity index (χ4n) is 2.30. The Hall–Kier alpha value is -1.72. The minimum absolute atomic E-state index is 0.152. The van der Waals surface area contributed by atoms with Crippen LogP contribution in [0.3, 0.4) is 0 Å². The van der Waals surface area contributed by atoms with Gasteiger partial charge in [-0.1, -0.05) is 18.5 Å². The molecule has 0 atom stereocenters. The zero-order valence-electron chi connectivity index (χ0n) is 11.2. The summed E-state index contributed by atoms with van der Waals surface area (Å²) in [6, 6.07) is 6.28. The van der Waals surface area contributed by atoms with Crippen LogP contribution in [-0.2, 0) is 17.8 Å². The number of fused-ring (bicyclic) bond motifs is 1. The lowest BCUT2D eigenvalue weighted by molar-refractivity contribution is -0.114. The van der Waals surface area contributed by atoms with Gasteiger partial charge in [-0.05, 0) is 30.7 Å². The molecular weight excluding hydrogens is 313 g/mol. The molecule has 3 nitrogen and oxygen atoms in total. The lowest BCUT2D eigenvalue weighted by Crippen LogP contribution is -2.28. The van der Waals surface area contributed by atoms with E-state index in [1.54, 1.807) is 11.3 Å². The number of ketones is 1. The summed E-state index contributed by atoms with van der Waals surface area (Å²) >= 11 is 7.26. The average molecular weight is 324 g/mol. The lowest BCUT2D eigenvalue weighted by Gasteiger charge is -2.15. The molecule has 1 amide bonds. The van der Waals surface area contributed by atoms with Crippen molar-refractivity contribution < 1.29 is 14.0 Å². The molecule has 6 heteroatoms. The molecule has 21 heavy (non-hydrogen) atoms. The third-order valence-corrected chi connectivity index (χ3v) is 4.90. The van der Waals surface area contributed by atoms with Crippen molar-refractivity contribution in [1.29, 1.82) is 0 Å². The van der Waals surface area contributed by atoms with E-state index in [1.165, 1.54) is 15.8 Å². The quantitative estimate of drug-likeness (QED) is 0.805. The van der Waals surface area contributed by atoms with Gasteiger partial charge in [-0.2, -0.15) is 0 Å². The molecule has 0 spiro atoms. The van der Waals surface area contributed by atoms with Gasteiger partial charge in [0.1, 0.15) is 5.82 Å². The maximum atomic E-state index is 13.6. The Labute approximate surface area is 129 Å². The summed E-state index contributed by atoms with van der Waals surface area (Å²) < 4.78 is 13.6. The number of carbonyl (C=O) groups is 2. The third kappa shape index (κ3) is 2.36. The number of thiophene rings is 1. The molecule has 0 saturated carbocycles. The number of hydrogen-bond donors (Lipinski definition) is 0. The fourth-order valence-corrected chi connectivity index (χ4v) is 3.41. The van der Waals surface area contributed by atoms with Crippen LogP contribution in [0.4, 0.5) is 10.1 Å². The molecule has 1 aromatic heterocycles. The summed E-state index contributed by atoms with van der Waals surface area (Å²) in [6.45, 7) is 2.32. The van der Waals surface area contributed by atoms with E-state index in [0.29, 0.717) is 5.69 Å². The number of carbonyl (C=O) groups excluding carboxylic acids is 2. The van der Waals surface area contributed by atoms with Crippen LogP contribution in [-0.4, -0.2) is 11.7 Å². The van der Waals surface area contributed by atoms with Gasteiger partial charge in [0.2, 0.25) is 0 Å². The van der Waals surface area contributed by atoms with Gasteiger partial charge in [-0.3, -0.25) is 14.5 Å². The maximum absolute atomic E-state index is 13.6. The predicted molar refractivity (Wildman–Crippen MR) is 80.6 cm³/mol. The van der Waals surface area contributed by atoms with Gasteiger partial charge in [0.05, 0.1) is 22.8 Å². The molecule has 2 aromatic rings. The van der Waals surface area contributed by atoms with Gasteiger partial charge in [0.25, 0.3) is 11.7 Å². The van der Waals surface area contributed by atoms with Crippen LogP contribution in [0.25, 0.3) is 0 Å². The Morgan fingerprint density at radius 3 is 2.62 bits per heavy atom. The van der Waals surface area contributed by atoms with Crippen LogP contribution in [0, 0.1) is 5.82 Å². The summed E-state index contributed by atoms with van der Waals surface area (Å²) in [4.78, 5) is 27.5. The Morgan fingerprint density at radius 2 is 1.95 bits per heavy atom. The molecule has 0 saturated heterocycles. The third-order valence-electron chi connectivity index (χ3n) is 3.39. The Bertz CT molecular complexity index is 756. The summed E-state index contributed by atoms with van der Waals surface area (Å²) in [6.07, 6.45) is 0.915. The first-order chi connectivity index (χ1) is 10.0. The highest BCUT2D eigenvalue weighted by atomic mass is 35.5. The van der Waals surface area contributed by atoms with Crippen molar-refractivity contribution in [2.75, 3.05) is 4.90 Å². The van der Waals surface area contributed by atoms with Crippen molar-refractivity contribution in [1.82, 2.24) is 0 Å². The minimum atomic E-state index is -0.641. The summed E-state index contributed by atoms with van der Waals surface area (Å²) in [5, 5.41) is -0.152. The zero-order chi connectivity index (χ0) is 15.1. The van der Waals surface area contributed by atoms with Crippen LogP contribution >= 0.6 is 22.9 Å². The Balaban J connectivity index is 1.99. The second-order valence-corrected chi connectivity index (χ2v) is 6.39. The number of halogens is 2. The molecule has 1 aromatic carbocycles. The van der Waals surface area contributed by atoms with E-state index in [1.807, 2.05) is 19.1 Å². The van der Waals surface area contributed by atoms with Crippen molar-refractivity contribution in [2.45, 2.75) is 19.9 Å². The highest BCUT2D eigenvalue weighted by Gasteiger charge is 2.36. The van der Waals surface area contributed by atoms with Crippen LogP contribution in [0.2, 0.25) is 5.02 Å². The van der Waals surface area contributed by atoms with E-state index < -0.39 is 17.5 Å². The van der Waals surface area contributed by atoms with Gasteiger partial charge in [0, 0.05) is 9.75 Å². The number of amides is 1. The SMILES string of the molecule is CCc1ccc(CN2C(=O)C(=O)c3cc(Cl)c(F)cc32)s1. The van der Waals surface area contributed by atoms with Crippen molar-refractivity contribution in [3.8, 4) is 0 Å². The monoisotopic (exact) mass is 323 g/mol. The van der Waals surface area contributed by atoms with E-state index in [-0.39, 0.29) is 17.1 Å². The van der Waals surface area contributed by atoms with E-state index in [2.05, 4.69) is 0 Å². The molecule has 0 unspecified atom stereocenters. The summed E-state index contributed by atoms with van der Waals surface area (Å²) in [5.41, 5.74) is 0.456. The average Bonchev–Trinajstić information content (AvgIpc) is 3.01. The summed E-state index contributed by atoms with van der Waals surface area (Å²) in [7, 11) is 0. The largest absolute Gasteiger partial charge is 0.299 e. The first kappa shape index (κ1) is 14.2. The molecule has 1 aliphatic heterocycles. The number of hydrogen-bond acceptors (Lipinski definition) is 3. The van der Waals surface area contributed by atoms with Crippen molar-refractivity contribution in [3.05, 3.63) is 50.4 Å². The van der Waals surface area contributed by atoms with Crippen molar-refractivity contribution in [2.24, 2.45) is 0 Å². The summed E-state index contributed by atoms with van der Waals surface area (Å²) in [5.74, 6) is -1.92. The smallest absolute Gasteiger partial charge is 0.299 e. The number of rotatable bonds is 3. The van der Waals surface area contributed by atoms with Gasteiger partial charge < -0.3 is 0 Å². The molecule has 0 fully saturated rings. The normalized spacial score (nSPS) is 14.0. The van der Waals surface area contributed by atoms with Crippen LogP contribution in [0.5, 0.6) is 0 Å². The van der Waals surface area contributed by atoms with Gasteiger partial charge >= 0.3 is 0 Å². The van der Waals surface area contributed by atoms with Crippen LogP contribution in [0.1, 0.15) is 27.0 Å². The lowest BCUT2D eigenvalue weighted by atomic mass is 10.1. The van der Waals surface area contributed by atoms with E-state index in [4.69, 9.17) is 11.6 Å². The van der Waals surface area contributed by atoms with Gasteiger partial charge in [0.15, 0.2) is 0 Å². The molecule has 0 aliphatic carbocycles. The van der Waals surface area contributed by atoms with Gasteiger partial charge in [-0.25, -0.2) is 4.39 Å². The molecule has 2 heterocycles. The predicted octanol–water partition coefficient (Wildman–Crippen LogP) is 3.83. The van der Waals surface area contributed by atoms with E-state index >= 15 is 0 Å². The van der Waals surface area contributed by atoms with Crippen LogP contribution < -0.4 is 4.90 Å². The number of anilines is 1. The molecule has 0 radical (unpaired) electrons. The first-order valence-corrected chi connectivity index (χ1v) is 7.63. The second kappa shape index (κ2) is 5.24. The van der Waals surface area contributed by atoms with Crippen molar-refractivity contribution in [3.63, 3.8) is 0 Å². The number of aryl methyl sites for hydroxylation is 1. The topological polar surface area (TPSA) is 37.4 Å². The minimum Gasteiger partial charge on any atom is -0.299 e. The zero-order valence-corrected chi connectivity index (χ0v) is 12.7. The molecule has 3 rings (SSSR count). The first-order valence-electron chi connectivity index (χ1n) is 6.44. The molecule has 0 bridgehead atoms. The Morgan fingerprint density at radius 1 is 1.24 bits per heavy atom. The van der Waals surface area contributed by atoms with E-state index in [0.717, 1.165) is 17.4 Å². The maximum Gasteiger partial charge on any atom is 0.299 e. The number of nitrogens with zero attached hydrogens (tertiary/aromatic N) is 1. The highest BCUT2D eigenvalue weighted by Crippen LogP contribution is 2.34. The molecule has 0 N–H and O–H groups in total. The standard InChI is InChI=1S/C15H11ClFNO2S/c1-2-8-3-4-9(21-8)7-18-13-6-12(17)11(16)5-10(13)14(19)15(18)20/h3-6H,2,7H2,1H3. The van der Waals surface area contributed by atoms with E-state index in [9.17, 15) is 14.0 Å². The van der Waals surface area contributed by atoms with Crippen molar-refractivity contribution >= 4 is 40.3 Å². The second-order valence-electron chi connectivity index (χ2n) is 4.73. The number of Topliss-reactive ketones (excluding diaryl/α,β-unsaturated/α-hetero) is 1. The van der Waals surface area contributed by atoms with Gasteiger partial charge in [-0.15, -0.1) is 11.3 Å². The van der Waals surface area contributed by atoms with Crippen LogP contribution in [0.15, 0.2) is 24.3 Å². The molecule has 1 aliphatic rings.